The third kappa shape index (κ3) is 1.06. The topological polar surface area (TPSA) is 67.8 Å². The van der Waals surface area contributed by atoms with Crippen LogP contribution in [0, 0.1) is 6.92 Å². The highest BCUT2D eigenvalue weighted by Gasteiger charge is 2.08. The van der Waals surface area contributed by atoms with Crippen LogP contribution < -0.4 is 5.56 Å². The Morgan fingerprint density at radius 1 is 1.57 bits per heavy atom. The molecule has 2 heterocycles. The molecule has 14 heavy (non-hydrogen) atoms. The number of aromatic nitrogens is 3. The minimum absolute atomic E-state index is 0.133. The molecule has 0 fully saturated rings. The van der Waals surface area contributed by atoms with Crippen molar-refractivity contribution >= 4 is 17.3 Å². The van der Waals surface area contributed by atoms with Gasteiger partial charge in [0, 0.05) is 12.4 Å². The molecule has 2 aromatic heterocycles. The van der Waals surface area contributed by atoms with Gasteiger partial charge in [-0.2, -0.15) is 5.10 Å². The van der Waals surface area contributed by atoms with Crippen molar-refractivity contribution in [1.82, 2.24) is 14.8 Å². The van der Waals surface area contributed by atoms with Crippen LogP contribution in [0.15, 0.2) is 10.9 Å². The highest BCUT2D eigenvalue weighted by molar-refractivity contribution is 5.85. The predicted molar refractivity (Wildman–Crippen MR) is 51.5 cm³/mol. The Balaban J connectivity index is 2.96. The minimum atomic E-state index is -0.379. The number of pyridine rings is 1. The summed E-state index contributed by atoms with van der Waals surface area (Å²) in [4.78, 5) is 24.5. The number of nitrogens with zero attached hydrogens (tertiary/aromatic N) is 2. The number of hydrogen-bond acceptors (Lipinski definition) is 3. The van der Waals surface area contributed by atoms with Gasteiger partial charge >= 0.3 is 0 Å². The fourth-order valence-corrected chi connectivity index (χ4v) is 1.48. The van der Waals surface area contributed by atoms with Crippen molar-refractivity contribution in [3.05, 3.63) is 27.7 Å². The molecule has 0 aliphatic heterocycles. The summed E-state index contributed by atoms with van der Waals surface area (Å²) in [6.45, 7) is 1.83. The predicted octanol–water partition coefficient (Wildman–Crippen LogP) is 0.383. The van der Waals surface area contributed by atoms with E-state index >= 15 is 0 Å². The molecule has 0 bridgehead atoms. The summed E-state index contributed by atoms with van der Waals surface area (Å²) >= 11 is 0. The maximum atomic E-state index is 11.3. The molecule has 0 radical (unpaired) electrons. The van der Waals surface area contributed by atoms with Crippen molar-refractivity contribution in [2.75, 3.05) is 0 Å². The van der Waals surface area contributed by atoms with Gasteiger partial charge in [0.1, 0.15) is 5.65 Å². The molecular formula is C9H9N3O2. The molecule has 5 nitrogen and oxygen atoms in total. The van der Waals surface area contributed by atoms with Crippen LogP contribution in [0.1, 0.15) is 16.1 Å². The summed E-state index contributed by atoms with van der Waals surface area (Å²) in [5.74, 6) is 0. The monoisotopic (exact) mass is 191 g/mol. The number of carbonyl (C=O) groups excluding carboxylic acids is 1. The molecule has 0 amide bonds. The second-order valence-corrected chi connectivity index (χ2v) is 3.14. The van der Waals surface area contributed by atoms with E-state index in [-0.39, 0.29) is 11.1 Å². The van der Waals surface area contributed by atoms with Crippen LogP contribution in [-0.4, -0.2) is 21.1 Å². The van der Waals surface area contributed by atoms with Crippen molar-refractivity contribution in [1.29, 1.82) is 0 Å². The molecule has 0 atom stereocenters. The smallest absolute Gasteiger partial charge is 0.260 e. The lowest BCUT2D eigenvalue weighted by atomic mass is 10.2. The number of fused-ring (bicyclic) bond motifs is 1. The number of H-pyrrole nitrogens is 1. The lowest BCUT2D eigenvalue weighted by Gasteiger charge is -1.94. The average molecular weight is 191 g/mol. The molecular weight excluding hydrogens is 182 g/mol. The Morgan fingerprint density at radius 3 is 2.93 bits per heavy atom. The molecule has 0 aliphatic rings. The number of aldehydes is 1. The van der Waals surface area contributed by atoms with Crippen molar-refractivity contribution in [3.63, 3.8) is 0 Å². The fourth-order valence-electron chi connectivity index (χ4n) is 1.48. The fraction of sp³-hybridized carbons (Fsp3) is 0.222. The Bertz CT molecular complexity index is 565. The van der Waals surface area contributed by atoms with E-state index in [1.54, 1.807) is 17.8 Å². The number of hydrogen-bond donors (Lipinski definition) is 1. The second kappa shape index (κ2) is 2.80. The van der Waals surface area contributed by atoms with Crippen molar-refractivity contribution < 1.29 is 4.79 Å². The number of rotatable bonds is 1. The van der Waals surface area contributed by atoms with Gasteiger partial charge in [-0.15, -0.1) is 0 Å². The average Bonchev–Trinajstić information content (AvgIpc) is 2.41. The van der Waals surface area contributed by atoms with Crippen LogP contribution in [0.2, 0.25) is 0 Å². The van der Waals surface area contributed by atoms with E-state index in [2.05, 4.69) is 10.1 Å². The summed E-state index contributed by atoms with van der Waals surface area (Å²) in [7, 11) is 1.74. The molecule has 2 aromatic rings. The summed E-state index contributed by atoms with van der Waals surface area (Å²) in [5.41, 5.74) is 1.18. The van der Waals surface area contributed by atoms with Crippen LogP contribution in [0.5, 0.6) is 0 Å². The van der Waals surface area contributed by atoms with E-state index in [0.29, 0.717) is 11.9 Å². The lowest BCUT2D eigenvalue weighted by Crippen LogP contribution is -2.12. The van der Waals surface area contributed by atoms with E-state index in [0.717, 1.165) is 11.1 Å². The first-order valence-corrected chi connectivity index (χ1v) is 4.15. The van der Waals surface area contributed by atoms with Crippen molar-refractivity contribution in [2.45, 2.75) is 6.92 Å². The van der Waals surface area contributed by atoms with Crippen LogP contribution in [0.25, 0.3) is 11.0 Å². The first-order valence-electron chi connectivity index (χ1n) is 4.15. The van der Waals surface area contributed by atoms with Gasteiger partial charge < -0.3 is 4.98 Å². The molecule has 0 aliphatic carbocycles. The zero-order chi connectivity index (χ0) is 10.3. The van der Waals surface area contributed by atoms with Crippen LogP contribution in [-0.2, 0) is 7.05 Å². The Hall–Kier alpha value is -1.91. The van der Waals surface area contributed by atoms with Crippen molar-refractivity contribution in [2.24, 2.45) is 7.05 Å². The molecule has 72 valence electrons. The SMILES string of the molecule is Cc1nn(C)c2[nH]c(=O)c(C=O)cc12. The summed E-state index contributed by atoms with van der Waals surface area (Å²) in [5, 5.41) is 4.94. The van der Waals surface area contributed by atoms with Gasteiger partial charge in [0.2, 0.25) is 0 Å². The molecule has 5 heteroatoms. The van der Waals surface area contributed by atoms with Gasteiger partial charge in [-0.25, -0.2) is 0 Å². The third-order valence-electron chi connectivity index (χ3n) is 2.19. The van der Waals surface area contributed by atoms with E-state index in [9.17, 15) is 9.59 Å². The molecule has 2 rings (SSSR count). The first-order chi connectivity index (χ1) is 6.63. The Morgan fingerprint density at radius 2 is 2.29 bits per heavy atom. The number of aromatic amines is 1. The molecule has 0 aromatic carbocycles. The minimum Gasteiger partial charge on any atom is -0.306 e. The van der Waals surface area contributed by atoms with Crippen LogP contribution in [0.4, 0.5) is 0 Å². The Labute approximate surface area is 79.4 Å². The number of carbonyl (C=O) groups is 1. The quantitative estimate of drug-likeness (QED) is 0.662. The van der Waals surface area contributed by atoms with Crippen LogP contribution in [0.3, 0.4) is 0 Å². The normalized spacial score (nSPS) is 10.7. The van der Waals surface area contributed by atoms with E-state index in [1.165, 1.54) is 0 Å². The van der Waals surface area contributed by atoms with Gasteiger partial charge in [0.15, 0.2) is 6.29 Å². The van der Waals surface area contributed by atoms with Crippen molar-refractivity contribution in [3.8, 4) is 0 Å². The van der Waals surface area contributed by atoms with Gasteiger partial charge in [0.25, 0.3) is 5.56 Å². The standard InChI is InChI=1S/C9H9N3O2/c1-5-7-3-6(4-13)9(14)10-8(7)12(2)11-5/h3-4H,1-2H3,(H,10,14). The van der Waals surface area contributed by atoms with Gasteiger partial charge in [-0.1, -0.05) is 0 Å². The molecule has 0 saturated heterocycles. The summed E-state index contributed by atoms with van der Waals surface area (Å²) < 4.78 is 1.58. The van der Waals surface area contributed by atoms with Gasteiger partial charge in [0.05, 0.1) is 11.3 Å². The second-order valence-electron chi connectivity index (χ2n) is 3.14. The van der Waals surface area contributed by atoms with Crippen LogP contribution >= 0.6 is 0 Å². The third-order valence-corrected chi connectivity index (χ3v) is 2.19. The zero-order valence-electron chi connectivity index (χ0n) is 7.87. The Kier molecular flexibility index (Phi) is 1.73. The van der Waals surface area contributed by atoms with Gasteiger partial charge in [-0.05, 0) is 13.0 Å². The maximum absolute atomic E-state index is 11.3. The highest BCUT2D eigenvalue weighted by atomic mass is 16.1. The largest absolute Gasteiger partial charge is 0.306 e. The lowest BCUT2D eigenvalue weighted by molar-refractivity contribution is 0.112. The van der Waals surface area contributed by atoms with E-state index in [1.807, 2.05) is 6.92 Å². The molecule has 1 N–H and O–H groups in total. The molecule has 0 unspecified atom stereocenters. The molecule has 0 saturated carbocycles. The summed E-state index contributed by atoms with van der Waals surface area (Å²) in [6.07, 6.45) is 0.546. The summed E-state index contributed by atoms with van der Waals surface area (Å²) in [6, 6.07) is 1.56. The molecule has 0 spiro atoms. The number of aryl methyl sites for hydroxylation is 2. The first kappa shape index (κ1) is 8.68. The zero-order valence-corrected chi connectivity index (χ0v) is 7.87. The maximum Gasteiger partial charge on any atom is 0.260 e. The number of nitrogens with one attached hydrogen (secondary N) is 1. The van der Waals surface area contributed by atoms with E-state index in [4.69, 9.17) is 0 Å². The van der Waals surface area contributed by atoms with Gasteiger partial charge in [-0.3, -0.25) is 14.3 Å². The highest BCUT2D eigenvalue weighted by Crippen LogP contribution is 2.13. The van der Waals surface area contributed by atoms with E-state index < -0.39 is 0 Å².